The van der Waals surface area contributed by atoms with Gasteiger partial charge in [0.1, 0.15) is 34.5 Å². The molecule has 2 heterocycles. The molecule has 5 rings (SSSR count). The fourth-order valence-electron chi connectivity index (χ4n) is 4.32. The Morgan fingerprint density at radius 3 is 2.49 bits per heavy atom. The summed E-state index contributed by atoms with van der Waals surface area (Å²) in [6.07, 6.45) is 0. The standard InChI is InChI=1S/C28H22N2O5/c1-15-4-11-23-21(12-15)16(2)26(34-23)28(31)33-19-9-10-20-24(13-19)35-27(30)22(14-29)25(20)17-5-7-18(32-3)8-6-17/h4-13,25H,30H2,1-3H3. The first kappa shape index (κ1) is 22.1. The van der Waals surface area contributed by atoms with Crippen LogP contribution in [-0.2, 0) is 0 Å². The largest absolute Gasteiger partial charge is 0.497 e. The lowest BCUT2D eigenvalue weighted by atomic mass is 9.83. The van der Waals surface area contributed by atoms with Crippen LogP contribution in [0.3, 0.4) is 0 Å². The lowest BCUT2D eigenvalue weighted by Gasteiger charge is -2.26. The summed E-state index contributed by atoms with van der Waals surface area (Å²) >= 11 is 0. The molecule has 1 aliphatic heterocycles. The maximum Gasteiger partial charge on any atom is 0.379 e. The summed E-state index contributed by atoms with van der Waals surface area (Å²) in [6, 6.07) is 20.3. The van der Waals surface area contributed by atoms with Crippen LogP contribution >= 0.6 is 0 Å². The normalized spacial score (nSPS) is 14.7. The monoisotopic (exact) mass is 466 g/mol. The van der Waals surface area contributed by atoms with E-state index in [9.17, 15) is 10.1 Å². The molecule has 1 unspecified atom stereocenters. The molecule has 35 heavy (non-hydrogen) atoms. The average Bonchev–Trinajstić information content (AvgIpc) is 3.19. The first-order chi connectivity index (χ1) is 16.9. The summed E-state index contributed by atoms with van der Waals surface area (Å²) in [5, 5.41) is 10.6. The highest BCUT2D eigenvalue weighted by Gasteiger charge is 2.31. The number of hydrogen-bond donors (Lipinski definition) is 1. The fourth-order valence-corrected chi connectivity index (χ4v) is 4.32. The van der Waals surface area contributed by atoms with Gasteiger partial charge in [-0.25, -0.2) is 4.79 Å². The molecule has 0 saturated carbocycles. The van der Waals surface area contributed by atoms with Crippen LogP contribution in [0.2, 0.25) is 0 Å². The van der Waals surface area contributed by atoms with Crippen LogP contribution in [0.15, 0.2) is 76.5 Å². The molecule has 4 aromatic rings. The zero-order chi connectivity index (χ0) is 24.7. The van der Waals surface area contributed by atoms with Crippen molar-refractivity contribution in [2.75, 3.05) is 7.11 Å². The van der Waals surface area contributed by atoms with Crippen LogP contribution in [-0.4, -0.2) is 13.1 Å². The van der Waals surface area contributed by atoms with Gasteiger partial charge < -0.3 is 24.4 Å². The molecule has 0 fully saturated rings. The smallest absolute Gasteiger partial charge is 0.379 e. The number of hydrogen-bond acceptors (Lipinski definition) is 7. The molecule has 2 N–H and O–H groups in total. The van der Waals surface area contributed by atoms with Crippen molar-refractivity contribution in [1.82, 2.24) is 0 Å². The zero-order valence-electron chi connectivity index (χ0n) is 19.4. The molecular formula is C28H22N2O5. The summed E-state index contributed by atoms with van der Waals surface area (Å²) in [5.41, 5.74) is 10.4. The number of methoxy groups -OCH3 is 1. The Morgan fingerprint density at radius 2 is 1.77 bits per heavy atom. The molecule has 0 spiro atoms. The van der Waals surface area contributed by atoms with E-state index in [1.807, 2.05) is 56.3 Å². The minimum absolute atomic E-state index is 0.00722. The van der Waals surface area contributed by atoms with E-state index in [4.69, 9.17) is 24.4 Å². The maximum atomic E-state index is 12.9. The molecule has 0 amide bonds. The molecule has 174 valence electrons. The summed E-state index contributed by atoms with van der Waals surface area (Å²) in [7, 11) is 1.59. The number of aryl methyl sites for hydroxylation is 2. The summed E-state index contributed by atoms with van der Waals surface area (Å²) in [4.78, 5) is 12.9. The van der Waals surface area contributed by atoms with E-state index in [0.717, 1.165) is 22.1 Å². The Labute approximate surface area is 201 Å². The van der Waals surface area contributed by atoms with Crippen molar-refractivity contribution < 1.29 is 23.4 Å². The second-order valence-corrected chi connectivity index (χ2v) is 8.34. The lowest BCUT2D eigenvalue weighted by molar-refractivity contribution is 0.0702. The molecular weight excluding hydrogens is 444 g/mol. The molecule has 1 aliphatic rings. The molecule has 0 bridgehead atoms. The predicted octanol–water partition coefficient (Wildman–Crippen LogP) is 5.50. The third-order valence-electron chi connectivity index (χ3n) is 6.13. The molecule has 0 aliphatic carbocycles. The van der Waals surface area contributed by atoms with Gasteiger partial charge in [0.15, 0.2) is 0 Å². The minimum atomic E-state index is -0.611. The van der Waals surface area contributed by atoms with Crippen LogP contribution in [0, 0.1) is 25.2 Å². The van der Waals surface area contributed by atoms with Crippen LogP contribution in [0.4, 0.5) is 0 Å². The number of nitriles is 1. The van der Waals surface area contributed by atoms with Gasteiger partial charge >= 0.3 is 5.97 Å². The predicted molar refractivity (Wildman–Crippen MR) is 129 cm³/mol. The van der Waals surface area contributed by atoms with Gasteiger partial charge in [0.2, 0.25) is 11.6 Å². The number of furan rings is 1. The number of ether oxygens (including phenoxy) is 3. The number of benzene rings is 3. The van der Waals surface area contributed by atoms with E-state index in [-0.39, 0.29) is 17.4 Å². The van der Waals surface area contributed by atoms with E-state index in [1.54, 1.807) is 25.3 Å². The van der Waals surface area contributed by atoms with Gasteiger partial charge in [-0.2, -0.15) is 5.26 Å². The first-order valence-electron chi connectivity index (χ1n) is 11.0. The molecule has 7 heteroatoms. The SMILES string of the molecule is COc1ccc(C2C(C#N)=C(N)Oc3cc(OC(=O)c4oc5ccc(C)cc5c4C)ccc32)cc1. The number of esters is 1. The highest BCUT2D eigenvalue weighted by Crippen LogP contribution is 2.43. The summed E-state index contributed by atoms with van der Waals surface area (Å²) in [5.74, 6) is 0.491. The Hall–Kier alpha value is -4.70. The second-order valence-electron chi connectivity index (χ2n) is 8.34. The Kier molecular flexibility index (Phi) is 5.42. The van der Waals surface area contributed by atoms with Crippen LogP contribution in [0.5, 0.6) is 17.2 Å². The van der Waals surface area contributed by atoms with Gasteiger partial charge in [0, 0.05) is 22.6 Å². The summed E-state index contributed by atoms with van der Waals surface area (Å²) < 4.78 is 22.4. The fraction of sp³-hybridized carbons (Fsp3) is 0.143. The molecule has 3 aromatic carbocycles. The van der Waals surface area contributed by atoms with Crippen molar-refractivity contribution in [2.24, 2.45) is 5.73 Å². The molecule has 7 nitrogen and oxygen atoms in total. The van der Waals surface area contributed by atoms with Crippen molar-refractivity contribution in [3.8, 4) is 23.3 Å². The van der Waals surface area contributed by atoms with Crippen molar-refractivity contribution in [3.05, 3.63) is 100 Å². The minimum Gasteiger partial charge on any atom is -0.497 e. The number of carbonyl (C=O) groups excluding carboxylic acids is 1. The quantitative estimate of drug-likeness (QED) is 0.313. The highest BCUT2D eigenvalue weighted by atomic mass is 16.5. The Balaban J connectivity index is 1.48. The molecule has 1 atom stereocenters. The average molecular weight is 466 g/mol. The number of carbonyl (C=O) groups is 1. The van der Waals surface area contributed by atoms with Crippen molar-refractivity contribution in [1.29, 1.82) is 5.26 Å². The van der Waals surface area contributed by atoms with Crippen molar-refractivity contribution in [2.45, 2.75) is 19.8 Å². The lowest BCUT2D eigenvalue weighted by Crippen LogP contribution is -2.21. The Bertz CT molecular complexity index is 1540. The van der Waals surface area contributed by atoms with Gasteiger partial charge in [-0.3, -0.25) is 0 Å². The third-order valence-corrected chi connectivity index (χ3v) is 6.13. The van der Waals surface area contributed by atoms with E-state index in [1.165, 1.54) is 0 Å². The highest BCUT2D eigenvalue weighted by molar-refractivity contribution is 5.97. The van der Waals surface area contributed by atoms with Crippen LogP contribution < -0.4 is 19.9 Å². The summed E-state index contributed by atoms with van der Waals surface area (Å²) in [6.45, 7) is 3.81. The second kappa shape index (κ2) is 8.58. The van der Waals surface area contributed by atoms with Crippen molar-refractivity contribution >= 4 is 16.9 Å². The number of fused-ring (bicyclic) bond motifs is 2. The number of nitrogens with two attached hydrogens (primary N) is 1. The van der Waals surface area contributed by atoms with E-state index in [0.29, 0.717) is 28.2 Å². The molecule has 1 aromatic heterocycles. The number of allylic oxidation sites excluding steroid dienone is 1. The first-order valence-corrected chi connectivity index (χ1v) is 11.0. The van der Waals surface area contributed by atoms with E-state index >= 15 is 0 Å². The van der Waals surface area contributed by atoms with Gasteiger partial charge in [-0.05, 0) is 49.7 Å². The Morgan fingerprint density at radius 1 is 1.03 bits per heavy atom. The maximum absolute atomic E-state index is 12.9. The number of nitrogens with zero attached hydrogens (tertiary/aromatic N) is 1. The number of rotatable bonds is 4. The van der Waals surface area contributed by atoms with E-state index in [2.05, 4.69) is 6.07 Å². The van der Waals surface area contributed by atoms with Gasteiger partial charge in [0.25, 0.3) is 0 Å². The molecule has 0 radical (unpaired) electrons. The third kappa shape index (κ3) is 3.85. The van der Waals surface area contributed by atoms with E-state index < -0.39 is 11.9 Å². The van der Waals surface area contributed by atoms with Crippen molar-refractivity contribution in [3.63, 3.8) is 0 Å². The topological polar surface area (TPSA) is 108 Å². The van der Waals surface area contributed by atoms with Crippen LogP contribution in [0.1, 0.15) is 38.7 Å². The van der Waals surface area contributed by atoms with Gasteiger partial charge in [-0.1, -0.05) is 29.8 Å². The van der Waals surface area contributed by atoms with Crippen LogP contribution in [0.25, 0.3) is 11.0 Å². The van der Waals surface area contributed by atoms with Gasteiger partial charge in [0.05, 0.1) is 13.0 Å². The molecule has 0 saturated heterocycles. The zero-order valence-corrected chi connectivity index (χ0v) is 19.4. The van der Waals surface area contributed by atoms with Gasteiger partial charge in [-0.15, -0.1) is 0 Å².